The van der Waals surface area contributed by atoms with Gasteiger partial charge in [-0.3, -0.25) is 4.90 Å². The highest BCUT2D eigenvalue weighted by Gasteiger charge is 2.42. The van der Waals surface area contributed by atoms with Crippen LogP contribution in [0.3, 0.4) is 0 Å². The molecular formula is C23H27FN2O. The zero-order valence-electron chi connectivity index (χ0n) is 15.7. The molecule has 0 saturated carbocycles. The fraction of sp³-hybridized carbons (Fsp3) is 0.478. The van der Waals surface area contributed by atoms with Gasteiger partial charge in [-0.05, 0) is 61.1 Å². The van der Waals surface area contributed by atoms with E-state index in [1.807, 2.05) is 0 Å². The Morgan fingerprint density at radius 3 is 2.81 bits per heavy atom. The number of benzene rings is 2. The molecule has 1 fully saturated rings. The Kier molecular flexibility index (Phi) is 4.52. The SMILES string of the molecule is Fc1ccc(OCCN2CC[C@H]3[C@@H](C2)c2cccc4c2N3CCCC4)cc1. The highest BCUT2D eigenvalue weighted by molar-refractivity contribution is 5.67. The molecule has 0 N–H and O–H groups in total. The van der Waals surface area contributed by atoms with Gasteiger partial charge in [-0.2, -0.15) is 0 Å². The number of hydrogen-bond donors (Lipinski definition) is 0. The number of halogens is 1. The molecule has 0 unspecified atom stereocenters. The second-order valence-electron chi connectivity index (χ2n) is 8.07. The number of nitrogens with zero attached hydrogens (tertiary/aromatic N) is 2. The molecule has 0 aliphatic carbocycles. The zero-order chi connectivity index (χ0) is 18.2. The van der Waals surface area contributed by atoms with Crippen molar-refractivity contribution in [1.29, 1.82) is 0 Å². The molecule has 5 rings (SSSR count). The third-order valence-corrected chi connectivity index (χ3v) is 6.48. The van der Waals surface area contributed by atoms with Crippen LogP contribution in [0.5, 0.6) is 5.75 Å². The third-order valence-electron chi connectivity index (χ3n) is 6.48. The number of likely N-dealkylation sites (tertiary alicyclic amines) is 1. The first-order valence-corrected chi connectivity index (χ1v) is 10.3. The van der Waals surface area contributed by atoms with Gasteiger partial charge in [0.05, 0.1) is 0 Å². The van der Waals surface area contributed by atoms with Crippen molar-refractivity contribution in [2.45, 2.75) is 37.6 Å². The molecule has 3 nitrogen and oxygen atoms in total. The van der Waals surface area contributed by atoms with Gasteiger partial charge in [0.15, 0.2) is 0 Å². The van der Waals surface area contributed by atoms with Crippen molar-refractivity contribution in [1.82, 2.24) is 4.90 Å². The molecular weight excluding hydrogens is 339 g/mol. The van der Waals surface area contributed by atoms with Crippen LogP contribution in [0, 0.1) is 5.82 Å². The quantitative estimate of drug-likeness (QED) is 0.806. The van der Waals surface area contributed by atoms with Gasteiger partial charge in [0.1, 0.15) is 18.2 Å². The van der Waals surface area contributed by atoms with Gasteiger partial charge < -0.3 is 9.64 Å². The summed E-state index contributed by atoms with van der Waals surface area (Å²) in [5.41, 5.74) is 4.70. The van der Waals surface area contributed by atoms with Crippen molar-refractivity contribution in [3.8, 4) is 5.75 Å². The first-order valence-electron chi connectivity index (χ1n) is 10.3. The van der Waals surface area contributed by atoms with Gasteiger partial charge in [0.2, 0.25) is 0 Å². The molecule has 1 saturated heterocycles. The van der Waals surface area contributed by atoms with E-state index in [-0.39, 0.29) is 5.82 Å². The topological polar surface area (TPSA) is 15.7 Å². The number of hydrogen-bond acceptors (Lipinski definition) is 3. The summed E-state index contributed by atoms with van der Waals surface area (Å²) in [5, 5.41) is 0. The van der Waals surface area contributed by atoms with E-state index < -0.39 is 0 Å². The Hall–Kier alpha value is -2.07. The van der Waals surface area contributed by atoms with Crippen molar-refractivity contribution in [2.75, 3.05) is 37.7 Å². The molecule has 0 spiro atoms. The van der Waals surface area contributed by atoms with Crippen molar-refractivity contribution in [2.24, 2.45) is 0 Å². The van der Waals surface area contributed by atoms with Gasteiger partial charge in [-0.25, -0.2) is 4.39 Å². The lowest BCUT2D eigenvalue weighted by atomic mass is 9.88. The van der Waals surface area contributed by atoms with Gasteiger partial charge in [-0.15, -0.1) is 0 Å². The van der Waals surface area contributed by atoms with Crippen LogP contribution in [0.2, 0.25) is 0 Å². The Bertz CT molecular complexity index is 807. The van der Waals surface area contributed by atoms with Crippen LogP contribution in [0.15, 0.2) is 42.5 Å². The fourth-order valence-electron chi connectivity index (χ4n) is 5.22. The second-order valence-corrected chi connectivity index (χ2v) is 8.07. The van der Waals surface area contributed by atoms with Crippen LogP contribution in [0.25, 0.3) is 0 Å². The lowest BCUT2D eigenvalue weighted by Crippen LogP contribution is -2.47. The van der Waals surface area contributed by atoms with Crippen molar-refractivity contribution >= 4 is 5.69 Å². The number of piperidine rings is 1. The zero-order valence-corrected chi connectivity index (χ0v) is 15.7. The van der Waals surface area contributed by atoms with E-state index in [9.17, 15) is 4.39 Å². The minimum atomic E-state index is -0.221. The second kappa shape index (κ2) is 7.16. The monoisotopic (exact) mass is 366 g/mol. The first kappa shape index (κ1) is 17.1. The van der Waals surface area contributed by atoms with E-state index in [2.05, 4.69) is 28.0 Å². The smallest absolute Gasteiger partial charge is 0.123 e. The number of para-hydroxylation sites is 1. The van der Waals surface area contributed by atoms with E-state index in [0.29, 0.717) is 18.6 Å². The van der Waals surface area contributed by atoms with E-state index in [0.717, 1.165) is 25.4 Å². The van der Waals surface area contributed by atoms with Gasteiger partial charge in [-0.1, -0.05) is 18.2 Å². The van der Waals surface area contributed by atoms with Crippen LogP contribution in [-0.2, 0) is 6.42 Å². The standard InChI is InChI=1S/C23H27FN2O/c24-18-7-9-19(10-8-18)27-15-14-25-13-11-22-21(16-25)20-6-3-5-17-4-1-2-12-26(22)23(17)20/h3,5-10,21-22H,1-2,4,11-16H2/t21-,22-/m0/s1. The first-order chi connectivity index (χ1) is 13.3. The molecule has 0 amide bonds. The summed E-state index contributed by atoms with van der Waals surface area (Å²) >= 11 is 0. The highest BCUT2D eigenvalue weighted by Crippen LogP contribution is 2.47. The summed E-state index contributed by atoms with van der Waals surface area (Å²) in [6.45, 7) is 5.05. The van der Waals surface area contributed by atoms with E-state index in [4.69, 9.17) is 4.74 Å². The Morgan fingerprint density at radius 1 is 1.04 bits per heavy atom. The molecule has 3 heterocycles. The molecule has 2 atom stereocenters. The fourth-order valence-corrected chi connectivity index (χ4v) is 5.22. The predicted molar refractivity (Wildman–Crippen MR) is 106 cm³/mol. The van der Waals surface area contributed by atoms with Crippen molar-refractivity contribution in [3.63, 3.8) is 0 Å². The largest absolute Gasteiger partial charge is 0.492 e. The lowest BCUT2D eigenvalue weighted by molar-refractivity contribution is 0.161. The van der Waals surface area contributed by atoms with Gasteiger partial charge in [0.25, 0.3) is 0 Å². The summed E-state index contributed by atoms with van der Waals surface area (Å²) in [6, 6.07) is 13.9. The summed E-state index contributed by atoms with van der Waals surface area (Å²) < 4.78 is 18.8. The molecule has 142 valence electrons. The van der Waals surface area contributed by atoms with Gasteiger partial charge in [0, 0.05) is 43.8 Å². The normalized spacial score (nSPS) is 24.3. The van der Waals surface area contributed by atoms with E-state index in [1.54, 1.807) is 28.9 Å². The molecule has 0 radical (unpaired) electrons. The van der Waals surface area contributed by atoms with Crippen LogP contribution >= 0.6 is 0 Å². The lowest BCUT2D eigenvalue weighted by Gasteiger charge is -2.39. The minimum absolute atomic E-state index is 0.221. The number of aryl methyl sites for hydroxylation is 1. The summed E-state index contributed by atoms with van der Waals surface area (Å²) in [5.74, 6) is 1.15. The Labute approximate surface area is 160 Å². The summed E-state index contributed by atoms with van der Waals surface area (Å²) in [6.07, 6.45) is 5.09. The number of anilines is 1. The van der Waals surface area contributed by atoms with Crippen LogP contribution in [-0.4, -0.2) is 43.7 Å². The Morgan fingerprint density at radius 2 is 1.93 bits per heavy atom. The van der Waals surface area contributed by atoms with Crippen LogP contribution < -0.4 is 9.64 Å². The maximum absolute atomic E-state index is 13.0. The maximum atomic E-state index is 13.0. The number of fused-ring (bicyclic) bond motifs is 3. The Balaban J connectivity index is 1.26. The van der Waals surface area contributed by atoms with Crippen LogP contribution in [0.4, 0.5) is 10.1 Å². The molecule has 3 aliphatic heterocycles. The minimum Gasteiger partial charge on any atom is -0.492 e. The average molecular weight is 366 g/mol. The maximum Gasteiger partial charge on any atom is 0.123 e. The molecule has 3 aliphatic rings. The molecule has 27 heavy (non-hydrogen) atoms. The van der Waals surface area contributed by atoms with E-state index in [1.165, 1.54) is 44.4 Å². The number of rotatable bonds is 4. The molecule has 4 heteroatoms. The van der Waals surface area contributed by atoms with Crippen molar-refractivity contribution < 1.29 is 9.13 Å². The predicted octanol–water partition coefficient (Wildman–Crippen LogP) is 4.22. The molecule has 0 aromatic heterocycles. The summed E-state index contributed by atoms with van der Waals surface area (Å²) in [7, 11) is 0. The average Bonchev–Trinajstić information content (AvgIpc) is 2.85. The summed E-state index contributed by atoms with van der Waals surface area (Å²) in [4.78, 5) is 5.27. The number of ether oxygens (including phenoxy) is 1. The van der Waals surface area contributed by atoms with E-state index >= 15 is 0 Å². The molecule has 2 aromatic rings. The molecule has 2 aromatic carbocycles. The van der Waals surface area contributed by atoms with Gasteiger partial charge >= 0.3 is 0 Å². The highest BCUT2D eigenvalue weighted by atomic mass is 19.1. The molecule has 0 bridgehead atoms. The van der Waals surface area contributed by atoms with Crippen LogP contribution in [0.1, 0.15) is 36.3 Å². The third kappa shape index (κ3) is 3.20. The van der Waals surface area contributed by atoms with Crippen molar-refractivity contribution in [3.05, 3.63) is 59.4 Å².